The van der Waals surface area contributed by atoms with Gasteiger partial charge < -0.3 is 5.73 Å². The van der Waals surface area contributed by atoms with Crippen molar-refractivity contribution < 1.29 is 21.4 Å². The van der Waals surface area contributed by atoms with Crippen LogP contribution in [0.1, 0.15) is 0 Å². The molecule has 0 aliphatic heterocycles. The summed E-state index contributed by atoms with van der Waals surface area (Å²) in [7, 11) is -8.25. The maximum atomic E-state index is 11.2. The molecule has 0 fully saturated rings. The Hall–Kier alpha value is -0.830. The van der Waals surface area contributed by atoms with Gasteiger partial charge in [-0.1, -0.05) is 11.6 Å². The van der Waals surface area contributed by atoms with E-state index >= 15 is 0 Å². The number of rotatable bonds is 2. The van der Waals surface area contributed by atoms with Gasteiger partial charge in [0.05, 0.1) is 15.6 Å². The lowest BCUT2D eigenvalue weighted by molar-refractivity contribution is 0.483. The van der Waals surface area contributed by atoms with Gasteiger partial charge >= 0.3 is 0 Å². The molecule has 0 aliphatic rings. The summed E-state index contributed by atoms with van der Waals surface area (Å²) in [5.41, 5.74) is 4.92. The summed E-state index contributed by atoms with van der Waals surface area (Å²) < 4.78 is 53.0. The Morgan fingerprint density at radius 2 is 1.75 bits per heavy atom. The van der Waals surface area contributed by atoms with Gasteiger partial charge in [0.2, 0.25) is 0 Å². The highest BCUT2D eigenvalue weighted by molar-refractivity contribution is 7.90. The molecule has 1 aromatic carbocycles. The van der Waals surface area contributed by atoms with Crippen LogP contribution >= 0.6 is 11.6 Å². The van der Waals surface area contributed by atoms with E-state index < -0.39 is 30.5 Å². The summed E-state index contributed by atoms with van der Waals surface area (Å²) in [6, 6.07) is 1.77. The third-order valence-corrected chi connectivity index (χ3v) is 4.07. The molecule has 0 bridgehead atoms. The van der Waals surface area contributed by atoms with E-state index in [1.165, 1.54) is 0 Å². The molecule has 1 rings (SSSR count). The summed E-state index contributed by atoms with van der Waals surface area (Å²) >= 11 is 5.57. The molecule has 0 saturated heterocycles. The molecule has 0 spiro atoms. The third kappa shape index (κ3) is 2.64. The SMILES string of the molecule is CS(=O)(=O)c1cc(Cl)c(N)c(S(=O)(=O)O)c1. The van der Waals surface area contributed by atoms with E-state index in [4.69, 9.17) is 21.9 Å². The van der Waals surface area contributed by atoms with E-state index in [1.54, 1.807) is 0 Å². The first-order valence-electron chi connectivity index (χ1n) is 3.80. The highest BCUT2D eigenvalue weighted by Gasteiger charge is 2.20. The summed E-state index contributed by atoms with van der Waals surface area (Å²) in [5.74, 6) is 0. The average molecular weight is 286 g/mol. The van der Waals surface area contributed by atoms with Crippen molar-refractivity contribution in [3.05, 3.63) is 17.2 Å². The van der Waals surface area contributed by atoms with E-state index in [-0.39, 0.29) is 9.92 Å². The van der Waals surface area contributed by atoms with Gasteiger partial charge in [-0.2, -0.15) is 8.42 Å². The third-order valence-electron chi connectivity index (χ3n) is 1.77. The van der Waals surface area contributed by atoms with Gasteiger partial charge in [0.15, 0.2) is 9.84 Å². The molecule has 90 valence electrons. The zero-order valence-electron chi connectivity index (χ0n) is 8.01. The minimum absolute atomic E-state index is 0.254. The normalized spacial score (nSPS) is 12.7. The van der Waals surface area contributed by atoms with Crippen molar-refractivity contribution in [2.24, 2.45) is 0 Å². The van der Waals surface area contributed by atoms with Crippen molar-refractivity contribution in [2.75, 3.05) is 12.0 Å². The van der Waals surface area contributed by atoms with Crippen LogP contribution in [0.4, 0.5) is 5.69 Å². The number of hydrogen-bond acceptors (Lipinski definition) is 5. The monoisotopic (exact) mass is 285 g/mol. The lowest BCUT2D eigenvalue weighted by Crippen LogP contribution is -2.07. The molecule has 0 saturated carbocycles. The minimum atomic E-state index is -4.61. The summed E-state index contributed by atoms with van der Waals surface area (Å²) in [4.78, 5) is -1.06. The number of benzene rings is 1. The topological polar surface area (TPSA) is 115 Å². The summed E-state index contributed by atoms with van der Waals surface area (Å²) in [5, 5.41) is -0.254. The number of sulfone groups is 1. The highest BCUT2D eigenvalue weighted by atomic mass is 35.5. The molecule has 16 heavy (non-hydrogen) atoms. The average Bonchev–Trinajstić information content (AvgIpc) is 2.05. The van der Waals surface area contributed by atoms with Crippen molar-refractivity contribution in [2.45, 2.75) is 9.79 Å². The second kappa shape index (κ2) is 3.88. The van der Waals surface area contributed by atoms with Crippen molar-refractivity contribution in [3.63, 3.8) is 0 Å². The number of halogens is 1. The number of nitrogens with two attached hydrogens (primary N) is 1. The van der Waals surface area contributed by atoms with Gasteiger partial charge in [-0.05, 0) is 12.1 Å². The standard InChI is InChI=1S/C7H8ClNO5S2/c1-15(10,11)4-2-5(8)7(9)6(3-4)16(12,13)14/h2-3H,9H2,1H3,(H,12,13,14). The van der Waals surface area contributed by atoms with Crippen LogP contribution in [0.5, 0.6) is 0 Å². The number of hydrogen-bond donors (Lipinski definition) is 2. The Balaban J connectivity index is 3.72. The fraction of sp³-hybridized carbons (Fsp3) is 0.143. The molecule has 9 heteroatoms. The van der Waals surface area contributed by atoms with E-state index in [9.17, 15) is 16.8 Å². The van der Waals surface area contributed by atoms with Crippen molar-refractivity contribution in [1.82, 2.24) is 0 Å². The maximum absolute atomic E-state index is 11.2. The Labute approximate surface area is 97.7 Å². The Kier molecular flexibility index (Phi) is 3.21. The van der Waals surface area contributed by atoms with Gasteiger partial charge in [0.1, 0.15) is 4.90 Å². The summed E-state index contributed by atoms with van der Waals surface area (Å²) in [6.45, 7) is 0. The van der Waals surface area contributed by atoms with Crippen LogP contribution in [0.25, 0.3) is 0 Å². The molecular formula is C7H8ClNO5S2. The largest absolute Gasteiger partial charge is 0.396 e. The van der Waals surface area contributed by atoms with Gasteiger partial charge in [-0.25, -0.2) is 8.42 Å². The second-order valence-corrected chi connectivity index (χ2v) is 6.88. The van der Waals surface area contributed by atoms with Crippen LogP contribution in [0, 0.1) is 0 Å². The molecule has 0 heterocycles. The fourth-order valence-electron chi connectivity index (χ4n) is 0.996. The van der Waals surface area contributed by atoms with Crippen LogP contribution < -0.4 is 5.73 Å². The first-order chi connectivity index (χ1) is 7.03. The van der Waals surface area contributed by atoms with Gasteiger partial charge in [0.25, 0.3) is 10.1 Å². The van der Waals surface area contributed by atoms with Crippen molar-refractivity contribution in [1.29, 1.82) is 0 Å². The van der Waals surface area contributed by atoms with Crippen molar-refractivity contribution >= 4 is 37.2 Å². The van der Waals surface area contributed by atoms with Crippen LogP contribution in [-0.4, -0.2) is 27.6 Å². The van der Waals surface area contributed by atoms with Crippen LogP contribution in [0.2, 0.25) is 5.02 Å². The van der Waals surface area contributed by atoms with Crippen LogP contribution in [0.15, 0.2) is 21.9 Å². The lowest BCUT2D eigenvalue weighted by Gasteiger charge is -2.07. The fourth-order valence-corrected chi connectivity index (χ4v) is 2.74. The first-order valence-corrected chi connectivity index (χ1v) is 7.51. The van der Waals surface area contributed by atoms with Gasteiger partial charge in [0, 0.05) is 6.26 Å². The molecular weight excluding hydrogens is 278 g/mol. The molecule has 0 amide bonds. The summed E-state index contributed by atoms with van der Waals surface area (Å²) in [6.07, 6.45) is 0.878. The van der Waals surface area contributed by atoms with Crippen LogP contribution in [-0.2, 0) is 20.0 Å². The predicted octanol–water partition coefficient (Wildman–Crippen LogP) is 0.572. The second-order valence-electron chi connectivity index (χ2n) is 3.06. The van der Waals surface area contributed by atoms with E-state index in [2.05, 4.69) is 0 Å². The molecule has 0 aromatic heterocycles. The molecule has 0 aliphatic carbocycles. The van der Waals surface area contributed by atoms with Gasteiger partial charge in [-0.3, -0.25) is 4.55 Å². The molecule has 3 N–H and O–H groups in total. The molecule has 0 atom stereocenters. The number of nitrogen functional groups attached to an aromatic ring is 1. The maximum Gasteiger partial charge on any atom is 0.296 e. The molecule has 6 nitrogen and oxygen atoms in total. The van der Waals surface area contributed by atoms with Crippen molar-refractivity contribution in [3.8, 4) is 0 Å². The molecule has 1 aromatic rings. The number of anilines is 1. The highest BCUT2D eigenvalue weighted by Crippen LogP contribution is 2.30. The molecule has 0 radical (unpaired) electrons. The predicted molar refractivity (Wildman–Crippen MR) is 58.8 cm³/mol. The lowest BCUT2D eigenvalue weighted by atomic mass is 10.3. The quantitative estimate of drug-likeness (QED) is 0.606. The smallest absolute Gasteiger partial charge is 0.296 e. The molecule has 0 unspecified atom stereocenters. The Morgan fingerprint density at radius 3 is 2.12 bits per heavy atom. The van der Waals surface area contributed by atoms with E-state index in [0.29, 0.717) is 0 Å². The zero-order chi connectivity index (χ0) is 12.7. The minimum Gasteiger partial charge on any atom is -0.396 e. The first kappa shape index (κ1) is 13.2. The van der Waals surface area contributed by atoms with Crippen LogP contribution in [0.3, 0.4) is 0 Å². The van der Waals surface area contributed by atoms with Gasteiger partial charge in [-0.15, -0.1) is 0 Å². The zero-order valence-corrected chi connectivity index (χ0v) is 10.4. The van der Waals surface area contributed by atoms with E-state index in [0.717, 1.165) is 18.4 Å². The Bertz CT molecular complexity index is 635. The Morgan fingerprint density at radius 1 is 1.25 bits per heavy atom. The van der Waals surface area contributed by atoms with E-state index in [1.807, 2.05) is 0 Å².